The highest BCUT2D eigenvalue weighted by molar-refractivity contribution is 7.86. The SMILES string of the molecule is CC1CN(S(=O)(=O)N2CCN(Cn3ncc4cc([N+](=O)[O-])ccc43)CC2)CC(C)O1. The van der Waals surface area contributed by atoms with Crippen molar-refractivity contribution in [3.63, 3.8) is 0 Å². The number of piperazine rings is 1. The zero-order valence-corrected chi connectivity index (χ0v) is 17.9. The van der Waals surface area contributed by atoms with Crippen LogP contribution in [0.5, 0.6) is 0 Å². The largest absolute Gasteiger partial charge is 0.373 e. The van der Waals surface area contributed by atoms with Crippen LogP contribution in [0.25, 0.3) is 10.9 Å². The Hall–Kier alpha value is -2.12. The van der Waals surface area contributed by atoms with Crippen LogP contribution in [-0.4, -0.2) is 88.1 Å². The molecule has 0 aliphatic carbocycles. The van der Waals surface area contributed by atoms with Gasteiger partial charge >= 0.3 is 0 Å². The summed E-state index contributed by atoms with van der Waals surface area (Å²) >= 11 is 0. The van der Waals surface area contributed by atoms with Crippen LogP contribution in [0, 0.1) is 10.1 Å². The maximum atomic E-state index is 13.0. The van der Waals surface area contributed by atoms with Crippen molar-refractivity contribution in [1.29, 1.82) is 0 Å². The lowest BCUT2D eigenvalue weighted by Crippen LogP contribution is -2.57. The van der Waals surface area contributed by atoms with Crippen molar-refractivity contribution in [2.75, 3.05) is 39.3 Å². The number of nitrogens with zero attached hydrogens (tertiary/aromatic N) is 6. The number of fused-ring (bicyclic) bond motifs is 1. The summed E-state index contributed by atoms with van der Waals surface area (Å²) in [5.41, 5.74) is 0.847. The molecule has 1 aromatic carbocycles. The maximum Gasteiger partial charge on any atom is 0.282 e. The Labute approximate surface area is 175 Å². The summed E-state index contributed by atoms with van der Waals surface area (Å²) in [6.07, 6.45) is 1.38. The van der Waals surface area contributed by atoms with Gasteiger partial charge in [0.15, 0.2) is 0 Å². The molecule has 0 amide bonds. The minimum atomic E-state index is -3.51. The smallest absolute Gasteiger partial charge is 0.282 e. The number of nitro benzene ring substituents is 1. The van der Waals surface area contributed by atoms with Crippen molar-refractivity contribution in [3.8, 4) is 0 Å². The van der Waals surface area contributed by atoms with E-state index in [1.54, 1.807) is 21.3 Å². The molecular weight excluding hydrogens is 412 g/mol. The molecule has 0 saturated carbocycles. The molecule has 2 aliphatic heterocycles. The number of hydrogen-bond donors (Lipinski definition) is 0. The number of hydrogen-bond acceptors (Lipinski definition) is 7. The number of non-ortho nitro benzene ring substituents is 1. The monoisotopic (exact) mass is 438 g/mol. The molecule has 164 valence electrons. The van der Waals surface area contributed by atoms with Gasteiger partial charge in [0.2, 0.25) is 0 Å². The number of benzene rings is 1. The van der Waals surface area contributed by atoms with Gasteiger partial charge in [-0.15, -0.1) is 0 Å². The Morgan fingerprint density at radius 1 is 1.13 bits per heavy atom. The summed E-state index contributed by atoms with van der Waals surface area (Å²) in [4.78, 5) is 12.6. The van der Waals surface area contributed by atoms with E-state index in [2.05, 4.69) is 10.00 Å². The van der Waals surface area contributed by atoms with Gasteiger partial charge in [0.25, 0.3) is 15.9 Å². The van der Waals surface area contributed by atoms with Crippen LogP contribution < -0.4 is 0 Å². The Bertz CT molecular complexity index is 1020. The van der Waals surface area contributed by atoms with Gasteiger partial charge in [-0.1, -0.05) is 0 Å². The molecule has 30 heavy (non-hydrogen) atoms. The second-order valence-electron chi connectivity index (χ2n) is 7.88. The van der Waals surface area contributed by atoms with E-state index in [9.17, 15) is 18.5 Å². The van der Waals surface area contributed by atoms with Gasteiger partial charge in [0, 0.05) is 56.8 Å². The normalized spacial score (nSPS) is 25.0. The van der Waals surface area contributed by atoms with Crippen molar-refractivity contribution < 1.29 is 18.1 Å². The van der Waals surface area contributed by atoms with E-state index < -0.39 is 15.1 Å². The first-order chi connectivity index (χ1) is 14.2. The van der Waals surface area contributed by atoms with Crippen LogP contribution in [0.1, 0.15) is 13.8 Å². The average molecular weight is 439 g/mol. The van der Waals surface area contributed by atoms with Gasteiger partial charge in [-0.2, -0.15) is 22.1 Å². The van der Waals surface area contributed by atoms with Gasteiger partial charge in [-0.05, 0) is 19.9 Å². The number of ether oxygens (including phenoxy) is 1. The number of morpholine rings is 1. The fourth-order valence-electron chi connectivity index (χ4n) is 4.07. The molecule has 2 saturated heterocycles. The molecular formula is C18H26N6O5S. The van der Waals surface area contributed by atoms with Gasteiger partial charge in [-0.3, -0.25) is 19.7 Å². The van der Waals surface area contributed by atoms with Gasteiger partial charge in [-0.25, -0.2) is 0 Å². The van der Waals surface area contributed by atoms with Crippen LogP contribution in [0.15, 0.2) is 24.4 Å². The first-order valence-electron chi connectivity index (χ1n) is 9.97. The van der Waals surface area contributed by atoms with Crippen molar-refractivity contribution in [3.05, 3.63) is 34.5 Å². The minimum absolute atomic E-state index is 0.0348. The lowest BCUT2D eigenvalue weighted by atomic mass is 10.2. The Balaban J connectivity index is 1.39. The van der Waals surface area contributed by atoms with Crippen LogP contribution in [0.2, 0.25) is 0 Å². The van der Waals surface area contributed by atoms with Gasteiger partial charge in [0.1, 0.15) is 0 Å². The van der Waals surface area contributed by atoms with E-state index in [1.807, 2.05) is 13.8 Å². The highest BCUT2D eigenvalue weighted by Gasteiger charge is 2.36. The first-order valence-corrected chi connectivity index (χ1v) is 11.4. The average Bonchev–Trinajstić information content (AvgIpc) is 3.09. The fraction of sp³-hybridized carbons (Fsp3) is 0.611. The Morgan fingerprint density at radius 2 is 1.80 bits per heavy atom. The van der Waals surface area contributed by atoms with E-state index >= 15 is 0 Å². The summed E-state index contributed by atoms with van der Waals surface area (Å²) in [5, 5.41) is 16.0. The Kier molecular flexibility index (Phi) is 5.77. The molecule has 1 aromatic heterocycles. The van der Waals surface area contributed by atoms with Gasteiger partial charge < -0.3 is 4.74 Å². The third kappa shape index (κ3) is 4.18. The standard InChI is InChI=1S/C18H26N6O5S/c1-14-11-22(12-15(2)29-14)30(27,28)21-7-5-20(6-8-21)13-23-18-4-3-17(24(25)26)9-16(18)10-19-23/h3-4,9-10,14-15H,5-8,11-13H2,1-2H3. The molecule has 2 aromatic rings. The van der Waals surface area contributed by atoms with E-state index in [4.69, 9.17) is 4.74 Å². The third-order valence-electron chi connectivity index (χ3n) is 5.54. The fourth-order valence-corrected chi connectivity index (χ4v) is 5.82. The maximum absolute atomic E-state index is 13.0. The van der Waals surface area contributed by atoms with E-state index in [1.165, 1.54) is 16.4 Å². The molecule has 3 heterocycles. The van der Waals surface area contributed by atoms with Crippen LogP contribution in [0.4, 0.5) is 5.69 Å². The highest BCUT2D eigenvalue weighted by atomic mass is 32.2. The van der Waals surface area contributed by atoms with Crippen LogP contribution in [0.3, 0.4) is 0 Å². The van der Waals surface area contributed by atoms with E-state index in [-0.39, 0.29) is 17.9 Å². The zero-order valence-electron chi connectivity index (χ0n) is 17.0. The molecule has 11 nitrogen and oxygen atoms in total. The lowest BCUT2D eigenvalue weighted by Gasteiger charge is -2.40. The Morgan fingerprint density at radius 3 is 2.43 bits per heavy atom. The molecule has 2 fully saturated rings. The molecule has 2 unspecified atom stereocenters. The van der Waals surface area contributed by atoms with Crippen molar-refractivity contribution in [1.82, 2.24) is 23.3 Å². The lowest BCUT2D eigenvalue weighted by molar-refractivity contribution is -0.384. The molecule has 2 atom stereocenters. The molecule has 0 N–H and O–H groups in total. The van der Waals surface area contributed by atoms with Crippen molar-refractivity contribution >= 4 is 26.8 Å². The second-order valence-corrected chi connectivity index (χ2v) is 9.81. The van der Waals surface area contributed by atoms with Crippen molar-refractivity contribution in [2.24, 2.45) is 0 Å². The molecule has 0 bridgehead atoms. The summed E-state index contributed by atoms with van der Waals surface area (Å²) in [5.74, 6) is 0. The molecule has 0 spiro atoms. The summed E-state index contributed by atoms with van der Waals surface area (Å²) in [6.45, 7) is 7.02. The predicted molar refractivity (Wildman–Crippen MR) is 110 cm³/mol. The van der Waals surface area contributed by atoms with Crippen molar-refractivity contribution in [2.45, 2.75) is 32.7 Å². The first kappa shape index (κ1) is 21.1. The molecule has 2 aliphatic rings. The number of rotatable bonds is 5. The van der Waals surface area contributed by atoms with Crippen LogP contribution in [-0.2, 0) is 21.6 Å². The predicted octanol–water partition coefficient (Wildman–Crippen LogP) is 0.874. The topological polar surface area (TPSA) is 114 Å². The molecule has 12 heteroatoms. The zero-order chi connectivity index (χ0) is 21.5. The number of aromatic nitrogens is 2. The highest BCUT2D eigenvalue weighted by Crippen LogP contribution is 2.22. The summed E-state index contributed by atoms with van der Waals surface area (Å²) in [6, 6.07) is 4.67. The second kappa shape index (κ2) is 8.19. The van der Waals surface area contributed by atoms with Crippen LogP contribution >= 0.6 is 0 Å². The molecule has 0 radical (unpaired) electrons. The third-order valence-corrected chi connectivity index (χ3v) is 7.51. The molecule has 4 rings (SSSR count). The van der Waals surface area contributed by atoms with E-state index in [0.29, 0.717) is 51.3 Å². The summed E-state index contributed by atoms with van der Waals surface area (Å²) < 4.78 is 36.5. The van der Waals surface area contributed by atoms with Gasteiger partial charge in [0.05, 0.1) is 35.5 Å². The minimum Gasteiger partial charge on any atom is -0.373 e. The number of nitro groups is 1. The van der Waals surface area contributed by atoms with E-state index in [0.717, 1.165) is 5.52 Å². The summed E-state index contributed by atoms with van der Waals surface area (Å²) in [7, 11) is -3.51. The quantitative estimate of drug-likeness (QED) is 0.503.